The number of benzene rings is 1. The van der Waals surface area contributed by atoms with E-state index in [4.69, 9.17) is 17.3 Å². The molecule has 2 N–H and O–H groups in total. The topological polar surface area (TPSA) is 89.9 Å². The molecular formula is C18H26Cl2N6O. The number of hydrogen-bond donors (Lipinski definition) is 1. The Bertz CT molecular complexity index is 776. The van der Waals surface area contributed by atoms with E-state index in [1.165, 1.54) is 4.80 Å². The Morgan fingerprint density at radius 2 is 2.04 bits per heavy atom. The second-order valence-corrected chi connectivity index (χ2v) is 7.94. The van der Waals surface area contributed by atoms with Crippen LogP contribution in [-0.2, 0) is 4.79 Å². The van der Waals surface area contributed by atoms with Crippen molar-refractivity contribution in [2.24, 2.45) is 11.1 Å². The Hall–Kier alpha value is -1.70. The number of rotatable bonds is 4. The van der Waals surface area contributed by atoms with Crippen LogP contribution in [0.2, 0.25) is 5.02 Å². The molecule has 3 rings (SSSR count). The number of carbonyl (C=O) groups is 1. The van der Waals surface area contributed by atoms with Gasteiger partial charge < -0.3 is 10.6 Å². The highest BCUT2D eigenvalue weighted by molar-refractivity contribution is 6.30. The molecule has 1 fully saturated rings. The standard InChI is InChI=1S/C18H25ClN6O.ClH/c1-4-14(17(26)24-10-9-15(20)18(2,3)11-24)25-22-16(21-23-25)12-5-7-13(19)8-6-12;/h5-8,14-15H,4,9-11,20H2,1-3H3;1H. The minimum absolute atomic E-state index is 0. The van der Waals surface area contributed by atoms with Crippen molar-refractivity contribution in [3.05, 3.63) is 29.3 Å². The number of likely N-dealkylation sites (tertiary alicyclic amines) is 1. The summed E-state index contributed by atoms with van der Waals surface area (Å²) in [7, 11) is 0. The van der Waals surface area contributed by atoms with Gasteiger partial charge in [0.05, 0.1) is 0 Å². The molecule has 2 aromatic rings. The Balaban J connectivity index is 0.00000261. The molecule has 7 nitrogen and oxygen atoms in total. The van der Waals surface area contributed by atoms with Gasteiger partial charge in [-0.25, -0.2) is 0 Å². The number of nitrogens with zero attached hydrogens (tertiary/aromatic N) is 5. The largest absolute Gasteiger partial charge is 0.340 e. The highest BCUT2D eigenvalue weighted by atomic mass is 35.5. The summed E-state index contributed by atoms with van der Waals surface area (Å²) in [5, 5.41) is 13.3. The zero-order valence-electron chi connectivity index (χ0n) is 15.8. The van der Waals surface area contributed by atoms with Gasteiger partial charge in [-0.1, -0.05) is 32.4 Å². The summed E-state index contributed by atoms with van der Waals surface area (Å²) in [6.07, 6.45) is 1.40. The molecule has 2 heterocycles. The van der Waals surface area contributed by atoms with Gasteiger partial charge in [0.2, 0.25) is 11.7 Å². The maximum Gasteiger partial charge on any atom is 0.249 e. The molecule has 0 bridgehead atoms. The average Bonchev–Trinajstić information content (AvgIpc) is 3.08. The second-order valence-electron chi connectivity index (χ2n) is 7.51. The number of halogens is 2. The fourth-order valence-electron chi connectivity index (χ4n) is 3.28. The van der Waals surface area contributed by atoms with Gasteiger partial charge in [0.15, 0.2) is 6.04 Å². The van der Waals surface area contributed by atoms with E-state index >= 15 is 0 Å². The van der Waals surface area contributed by atoms with E-state index in [2.05, 4.69) is 29.3 Å². The van der Waals surface area contributed by atoms with Crippen LogP contribution >= 0.6 is 24.0 Å². The van der Waals surface area contributed by atoms with Crippen molar-refractivity contribution in [2.45, 2.75) is 45.7 Å². The molecule has 148 valence electrons. The number of aromatic nitrogens is 4. The molecule has 1 aliphatic rings. The van der Waals surface area contributed by atoms with E-state index in [0.717, 1.165) is 12.0 Å². The van der Waals surface area contributed by atoms with Crippen molar-refractivity contribution in [3.8, 4) is 11.4 Å². The predicted molar refractivity (Wildman–Crippen MR) is 108 cm³/mol. The van der Waals surface area contributed by atoms with E-state index in [9.17, 15) is 4.79 Å². The normalized spacial score (nSPS) is 20.0. The molecule has 2 atom stereocenters. The van der Waals surface area contributed by atoms with Crippen molar-refractivity contribution < 1.29 is 4.79 Å². The van der Waals surface area contributed by atoms with E-state index in [1.54, 1.807) is 12.1 Å². The molecule has 0 aliphatic carbocycles. The molecule has 1 saturated heterocycles. The minimum Gasteiger partial charge on any atom is -0.340 e. The first-order valence-corrected chi connectivity index (χ1v) is 9.29. The fourth-order valence-corrected chi connectivity index (χ4v) is 3.41. The number of nitrogens with two attached hydrogens (primary N) is 1. The lowest BCUT2D eigenvalue weighted by Gasteiger charge is -2.43. The van der Waals surface area contributed by atoms with E-state index < -0.39 is 6.04 Å². The molecule has 1 aliphatic heterocycles. The van der Waals surface area contributed by atoms with Crippen molar-refractivity contribution >= 4 is 29.9 Å². The van der Waals surface area contributed by atoms with Crippen LogP contribution in [0.3, 0.4) is 0 Å². The molecular weight excluding hydrogens is 387 g/mol. The quantitative estimate of drug-likeness (QED) is 0.833. The van der Waals surface area contributed by atoms with Crippen LogP contribution in [0.25, 0.3) is 11.4 Å². The molecule has 0 radical (unpaired) electrons. The van der Waals surface area contributed by atoms with Gasteiger partial charge in [0.25, 0.3) is 0 Å². The van der Waals surface area contributed by atoms with E-state index in [-0.39, 0.29) is 29.8 Å². The lowest BCUT2D eigenvalue weighted by atomic mass is 9.79. The van der Waals surface area contributed by atoms with E-state index in [0.29, 0.717) is 30.4 Å². The van der Waals surface area contributed by atoms with Crippen LogP contribution in [-0.4, -0.2) is 50.1 Å². The first-order valence-electron chi connectivity index (χ1n) is 8.91. The van der Waals surface area contributed by atoms with Crippen molar-refractivity contribution in [2.75, 3.05) is 13.1 Å². The lowest BCUT2D eigenvalue weighted by Crippen LogP contribution is -2.55. The highest BCUT2D eigenvalue weighted by Crippen LogP contribution is 2.29. The number of amides is 1. The monoisotopic (exact) mass is 412 g/mol. The first-order chi connectivity index (χ1) is 12.3. The SMILES string of the molecule is CCC(C(=O)N1CCC(N)C(C)(C)C1)n1nnc(-c2ccc(Cl)cc2)n1.Cl. The van der Waals surface area contributed by atoms with Crippen molar-refractivity contribution in [3.63, 3.8) is 0 Å². The molecule has 1 amide bonds. The van der Waals surface area contributed by atoms with Gasteiger partial charge in [0, 0.05) is 29.7 Å². The number of carbonyl (C=O) groups excluding carboxylic acids is 1. The van der Waals surface area contributed by atoms with Crippen LogP contribution in [0.5, 0.6) is 0 Å². The van der Waals surface area contributed by atoms with E-state index in [1.807, 2.05) is 24.0 Å². The third-order valence-corrected chi connectivity index (χ3v) is 5.36. The van der Waals surface area contributed by atoms with Crippen LogP contribution in [0, 0.1) is 5.41 Å². The summed E-state index contributed by atoms with van der Waals surface area (Å²) in [5.74, 6) is 0.501. The Kier molecular flexibility index (Phi) is 6.83. The van der Waals surface area contributed by atoms with Gasteiger partial charge in [0.1, 0.15) is 0 Å². The average molecular weight is 413 g/mol. The number of piperidine rings is 1. The van der Waals surface area contributed by atoms with Gasteiger partial charge in [-0.15, -0.1) is 22.6 Å². The smallest absolute Gasteiger partial charge is 0.249 e. The number of hydrogen-bond acceptors (Lipinski definition) is 5. The molecule has 2 unspecified atom stereocenters. The summed E-state index contributed by atoms with van der Waals surface area (Å²) in [6.45, 7) is 7.46. The molecule has 27 heavy (non-hydrogen) atoms. The Labute approximate surface area is 170 Å². The van der Waals surface area contributed by atoms with Gasteiger partial charge >= 0.3 is 0 Å². The maximum absolute atomic E-state index is 13.1. The zero-order valence-corrected chi connectivity index (χ0v) is 17.4. The summed E-state index contributed by atoms with van der Waals surface area (Å²) < 4.78 is 0. The summed E-state index contributed by atoms with van der Waals surface area (Å²) in [5.41, 5.74) is 6.90. The van der Waals surface area contributed by atoms with Crippen LogP contribution in [0.15, 0.2) is 24.3 Å². The molecule has 9 heteroatoms. The minimum atomic E-state index is -0.464. The second kappa shape index (κ2) is 8.54. The van der Waals surface area contributed by atoms with Crippen molar-refractivity contribution in [1.29, 1.82) is 0 Å². The van der Waals surface area contributed by atoms with Crippen molar-refractivity contribution in [1.82, 2.24) is 25.1 Å². The third kappa shape index (κ3) is 4.59. The fraction of sp³-hybridized carbons (Fsp3) is 0.556. The maximum atomic E-state index is 13.1. The molecule has 1 aromatic heterocycles. The van der Waals surface area contributed by atoms with Crippen LogP contribution in [0.1, 0.15) is 39.7 Å². The Morgan fingerprint density at radius 1 is 1.37 bits per heavy atom. The number of tetrazole rings is 1. The third-order valence-electron chi connectivity index (χ3n) is 5.11. The summed E-state index contributed by atoms with van der Waals surface area (Å²) >= 11 is 5.92. The summed E-state index contributed by atoms with van der Waals surface area (Å²) in [6, 6.07) is 6.86. The summed E-state index contributed by atoms with van der Waals surface area (Å²) in [4.78, 5) is 16.4. The zero-order chi connectivity index (χ0) is 18.9. The van der Waals surface area contributed by atoms with Crippen LogP contribution in [0.4, 0.5) is 0 Å². The lowest BCUT2D eigenvalue weighted by molar-refractivity contribution is -0.139. The van der Waals surface area contributed by atoms with Crippen LogP contribution < -0.4 is 5.73 Å². The van der Waals surface area contributed by atoms with Gasteiger partial charge in [-0.05, 0) is 47.7 Å². The van der Waals surface area contributed by atoms with Gasteiger partial charge in [-0.3, -0.25) is 4.79 Å². The van der Waals surface area contributed by atoms with Gasteiger partial charge in [-0.2, -0.15) is 4.80 Å². The first kappa shape index (κ1) is 21.6. The predicted octanol–water partition coefficient (Wildman–Crippen LogP) is 2.95. The molecule has 0 saturated carbocycles. The molecule has 0 spiro atoms. The Morgan fingerprint density at radius 3 is 2.63 bits per heavy atom. The highest BCUT2D eigenvalue weighted by Gasteiger charge is 2.37. The molecule has 1 aromatic carbocycles.